The molecule has 4 rings (SSSR count). The Labute approximate surface area is 130 Å². The van der Waals surface area contributed by atoms with Crippen LogP contribution in [-0.4, -0.2) is 9.97 Å². The van der Waals surface area contributed by atoms with Gasteiger partial charge in [0.25, 0.3) is 0 Å². The maximum atomic E-state index is 6.00. The summed E-state index contributed by atoms with van der Waals surface area (Å²) in [4.78, 5) is 8.77. The molecule has 0 aliphatic heterocycles. The Hall–Kier alpha value is -2.17. The number of pyridine rings is 1. The number of benzene rings is 2. The van der Waals surface area contributed by atoms with Crippen molar-refractivity contribution in [2.75, 3.05) is 5.32 Å². The molecular formula is C16H10ClN3S. The highest BCUT2D eigenvalue weighted by Gasteiger charge is 2.06. The molecule has 0 fully saturated rings. The van der Waals surface area contributed by atoms with Crippen molar-refractivity contribution in [2.45, 2.75) is 0 Å². The van der Waals surface area contributed by atoms with Gasteiger partial charge in [0.2, 0.25) is 0 Å². The van der Waals surface area contributed by atoms with Crippen LogP contribution in [0, 0.1) is 0 Å². The van der Waals surface area contributed by atoms with Crippen molar-refractivity contribution in [1.82, 2.24) is 9.97 Å². The van der Waals surface area contributed by atoms with Crippen LogP contribution in [-0.2, 0) is 0 Å². The molecule has 0 spiro atoms. The van der Waals surface area contributed by atoms with E-state index in [0.29, 0.717) is 5.02 Å². The van der Waals surface area contributed by atoms with Crippen molar-refractivity contribution in [3.8, 4) is 0 Å². The van der Waals surface area contributed by atoms with Gasteiger partial charge in [-0.1, -0.05) is 35.1 Å². The Morgan fingerprint density at radius 3 is 3.00 bits per heavy atom. The number of hydrogen-bond donors (Lipinski definition) is 1. The molecular weight excluding hydrogens is 302 g/mol. The Morgan fingerprint density at radius 1 is 1.10 bits per heavy atom. The van der Waals surface area contributed by atoms with Crippen LogP contribution in [0.15, 0.2) is 54.9 Å². The van der Waals surface area contributed by atoms with E-state index in [2.05, 4.69) is 21.4 Å². The molecule has 1 N–H and O–H groups in total. The first-order valence-corrected chi connectivity index (χ1v) is 7.65. The predicted octanol–water partition coefficient (Wildman–Crippen LogP) is 5.24. The van der Waals surface area contributed by atoms with Gasteiger partial charge in [-0.2, -0.15) is 0 Å². The van der Waals surface area contributed by atoms with E-state index in [4.69, 9.17) is 11.6 Å². The van der Waals surface area contributed by atoms with Gasteiger partial charge in [-0.15, -0.1) is 0 Å². The maximum absolute atomic E-state index is 6.00. The number of aromatic nitrogens is 2. The zero-order valence-electron chi connectivity index (χ0n) is 10.9. The minimum atomic E-state index is 0.703. The highest BCUT2D eigenvalue weighted by Crippen LogP contribution is 2.32. The van der Waals surface area contributed by atoms with Crippen molar-refractivity contribution in [1.29, 1.82) is 0 Å². The third-order valence-electron chi connectivity index (χ3n) is 3.27. The van der Waals surface area contributed by atoms with Gasteiger partial charge in [-0.25, -0.2) is 4.98 Å². The fourth-order valence-electron chi connectivity index (χ4n) is 2.29. The first-order valence-electron chi connectivity index (χ1n) is 6.45. The van der Waals surface area contributed by atoms with E-state index >= 15 is 0 Å². The van der Waals surface area contributed by atoms with E-state index in [1.165, 1.54) is 0 Å². The lowest BCUT2D eigenvalue weighted by atomic mass is 10.1. The molecule has 0 aliphatic rings. The number of fused-ring (bicyclic) bond motifs is 2. The van der Waals surface area contributed by atoms with Crippen LogP contribution in [0.25, 0.3) is 21.0 Å². The third-order valence-corrected chi connectivity index (χ3v) is 4.46. The van der Waals surface area contributed by atoms with Gasteiger partial charge < -0.3 is 5.32 Å². The molecule has 0 amide bonds. The third kappa shape index (κ3) is 2.33. The molecule has 21 heavy (non-hydrogen) atoms. The minimum absolute atomic E-state index is 0.703. The molecule has 3 nitrogen and oxygen atoms in total. The summed E-state index contributed by atoms with van der Waals surface area (Å²) in [7, 11) is 0. The van der Waals surface area contributed by atoms with Crippen molar-refractivity contribution >= 4 is 54.7 Å². The van der Waals surface area contributed by atoms with E-state index in [1.807, 2.05) is 42.6 Å². The lowest BCUT2D eigenvalue weighted by Crippen LogP contribution is -1.90. The molecule has 4 aromatic rings. The second-order valence-corrected chi connectivity index (χ2v) is 6.13. The van der Waals surface area contributed by atoms with E-state index in [1.54, 1.807) is 17.5 Å². The highest BCUT2D eigenvalue weighted by atomic mass is 35.5. The molecule has 2 aromatic heterocycles. The molecule has 0 aliphatic carbocycles. The second-order valence-electron chi connectivity index (χ2n) is 4.66. The molecule has 2 heterocycles. The molecule has 0 saturated heterocycles. The fraction of sp³-hybridized carbons (Fsp3) is 0. The van der Waals surface area contributed by atoms with Crippen LogP contribution in [0.4, 0.5) is 10.8 Å². The van der Waals surface area contributed by atoms with E-state index in [9.17, 15) is 0 Å². The molecule has 102 valence electrons. The summed E-state index contributed by atoms with van der Waals surface area (Å²) < 4.78 is 1.11. The average molecular weight is 312 g/mol. The number of anilines is 2. The lowest BCUT2D eigenvalue weighted by molar-refractivity contribution is 1.36. The highest BCUT2D eigenvalue weighted by molar-refractivity contribution is 7.22. The molecule has 0 saturated carbocycles. The quantitative estimate of drug-likeness (QED) is 0.550. The Balaban J connectivity index is 1.79. The van der Waals surface area contributed by atoms with Crippen LogP contribution < -0.4 is 5.32 Å². The van der Waals surface area contributed by atoms with Crippen molar-refractivity contribution in [2.24, 2.45) is 0 Å². The van der Waals surface area contributed by atoms with Crippen LogP contribution in [0.5, 0.6) is 0 Å². The van der Waals surface area contributed by atoms with Crippen molar-refractivity contribution in [3.63, 3.8) is 0 Å². The summed E-state index contributed by atoms with van der Waals surface area (Å²) >= 11 is 7.61. The zero-order chi connectivity index (χ0) is 14.2. The Morgan fingerprint density at radius 2 is 2.05 bits per heavy atom. The van der Waals surface area contributed by atoms with Crippen LogP contribution in [0.2, 0.25) is 5.02 Å². The SMILES string of the molecule is Clc1ccc2sc(Nc3cccc4ccncc34)nc2c1. The van der Waals surface area contributed by atoms with Crippen LogP contribution >= 0.6 is 22.9 Å². The average Bonchev–Trinajstić information content (AvgIpc) is 2.89. The monoisotopic (exact) mass is 311 g/mol. The van der Waals surface area contributed by atoms with E-state index in [-0.39, 0.29) is 0 Å². The number of halogens is 1. The minimum Gasteiger partial charge on any atom is -0.331 e. The summed E-state index contributed by atoms with van der Waals surface area (Å²) in [6.07, 6.45) is 3.66. The first-order chi connectivity index (χ1) is 10.3. The number of nitrogens with one attached hydrogen (secondary N) is 1. The van der Waals surface area contributed by atoms with Crippen molar-refractivity contribution < 1.29 is 0 Å². The van der Waals surface area contributed by atoms with E-state index in [0.717, 1.165) is 31.8 Å². The Kier molecular flexibility index (Phi) is 2.98. The number of thiazole rings is 1. The van der Waals surface area contributed by atoms with Crippen LogP contribution in [0.1, 0.15) is 0 Å². The fourth-order valence-corrected chi connectivity index (χ4v) is 3.32. The summed E-state index contributed by atoms with van der Waals surface area (Å²) in [5, 5.41) is 7.17. The largest absolute Gasteiger partial charge is 0.331 e. The first kappa shape index (κ1) is 12.6. The van der Waals surface area contributed by atoms with Gasteiger partial charge in [0.1, 0.15) is 0 Å². The molecule has 0 atom stereocenters. The summed E-state index contributed by atoms with van der Waals surface area (Å²) in [5.74, 6) is 0. The smallest absolute Gasteiger partial charge is 0.188 e. The summed E-state index contributed by atoms with van der Waals surface area (Å²) in [5.41, 5.74) is 1.92. The summed E-state index contributed by atoms with van der Waals surface area (Å²) in [6, 6.07) is 13.9. The standard InChI is InChI=1S/C16H10ClN3S/c17-11-4-5-15-14(8-11)20-16(21-15)19-13-3-1-2-10-6-7-18-9-12(10)13/h1-9H,(H,19,20). The predicted molar refractivity (Wildman–Crippen MR) is 89.7 cm³/mol. The molecule has 0 radical (unpaired) electrons. The van der Waals surface area contributed by atoms with Crippen LogP contribution in [0.3, 0.4) is 0 Å². The van der Waals surface area contributed by atoms with E-state index < -0.39 is 0 Å². The number of hydrogen-bond acceptors (Lipinski definition) is 4. The van der Waals surface area contributed by atoms with Gasteiger partial charge in [-0.3, -0.25) is 4.98 Å². The topological polar surface area (TPSA) is 37.8 Å². The molecule has 0 bridgehead atoms. The maximum Gasteiger partial charge on any atom is 0.188 e. The van der Waals surface area contributed by atoms with Gasteiger partial charge in [0.15, 0.2) is 5.13 Å². The Bertz CT molecular complexity index is 943. The number of nitrogens with zero attached hydrogens (tertiary/aromatic N) is 2. The number of rotatable bonds is 2. The normalized spacial score (nSPS) is 11.1. The summed E-state index contributed by atoms with van der Waals surface area (Å²) in [6.45, 7) is 0. The van der Waals surface area contributed by atoms with Gasteiger partial charge in [0, 0.05) is 28.5 Å². The molecule has 0 unspecified atom stereocenters. The van der Waals surface area contributed by atoms with Gasteiger partial charge in [0.05, 0.1) is 10.2 Å². The molecule has 2 aromatic carbocycles. The van der Waals surface area contributed by atoms with Crippen molar-refractivity contribution in [3.05, 3.63) is 59.9 Å². The second kappa shape index (κ2) is 4.98. The van der Waals surface area contributed by atoms with Gasteiger partial charge in [-0.05, 0) is 35.7 Å². The zero-order valence-corrected chi connectivity index (χ0v) is 12.4. The lowest BCUT2D eigenvalue weighted by Gasteiger charge is -2.06. The molecule has 5 heteroatoms. The van der Waals surface area contributed by atoms with Gasteiger partial charge >= 0.3 is 0 Å².